The maximum Gasteiger partial charge on any atom is 0.274 e. The second-order valence-corrected chi connectivity index (χ2v) is 14.5. The number of aryl methyl sites for hydroxylation is 1. The summed E-state index contributed by atoms with van der Waals surface area (Å²) in [6, 6.07) is 5.88. The van der Waals surface area contributed by atoms with Gasteiger partial charge >= 0.3 is 0 Å². The molecule has 4 rings (SSSR count). The van der Waals surface area contributed by atoms with Gasteiger partial charge in [0.1, 0.15) is 21.8 Å². The fourth-order valence-corrected chi connectivity index (χ4v) is 8.81. The molecule has 2 aliphatic rings. The largest absolute Gasteiger partial charge is 0.386 e. The number of halogens is 1. The number of aromatic nitrogens is 1. The van der Waals surface area contributed by atoms with Crippen LogP contribution in [-0.4, -0.2) is 49.3 Å². The first-order valence-electron chi connectivity index (χ1n) is 10.5. The van der Waals surface area contributed by atoms with Crippen LogP contribution in [0.15, 0.2) is 40.4 Å². The number of nitrogens with two attached hydrogens (primary N) is 1. The summed E-state index contributed by atoms with van der Waals surface area (Å²) in [5.74, 6) is -0.954. The van der Waals surface area contributed by atoms with Crippen LogP contribution in [0.25, 0.3) is 0 Å². The first kappa shape index (κ1) is 24.6. The highest BCUT2D eigenvalue weighted by Crippen LogP contribution is 2.48. The fourth-order valence-electron chi connectivity index (χ4n) is 4.55. The lowest BCUT2D eigenvalue weighted by Crippen LogP contribution is -2.59. The number of hydrogen-bond acceptors (Lipinski definition) is 8. The van der Waals surface area contributed by atoms with Gasteiger partial charge in [-0.2, -0.15) is 0 Å². The van der Waals surface area contributed by atoms with Gasteiger partial charge in [0, 0.05) is 17.4 Å². The summed E-state index contributed by atoms with van der Waals surface area (Å²) in [6.45, 7) is 6.21. The van der Waals surface area contributed by atoms with E-state index in [9.17, 15) is 21.6 Å². The predicted octanol–water partition coefficient (Wildman–Crippen LogP) is 2.62. The number of sulfone groups is 2. The number of carbonyl (C=O) groups excluding carboxylic acids is 1. The zero-order chi connectivity index (χ0) is 25.3. The number of benzene rings is 1. The maximum atomic E-state index is 13.5. The Hall–Kier alpha value is -2.50. The molecule has 0 bridgehead atoms. The average Bonchev–Trinajstić information content (AvgIpc) is 2.80. The number of aliphatic imine (C=N–C) groups is 1. The summed E-state index contributed by atoms with van der Waals surface area (Å²) in [4.78, 5) is 21.4. The van der Waals surface area contributed by atoms with E-state index in [1.165, 1.54) is 38.2 Å². The van der Waals surface area contributed by atoms with Gasteiger partial charge < -0.3 is 11.1 Å². The molecule has 182 valence electrons. The summed E-state index contributed by atoms with van der Waals surface area (Å²) in [5, 5.41) is 1.99. The molecule has 3 heterocycles. The van der Waals surface area contributed by atoms with E-state index >= 15 is 0 Å². The minimum Gasteiger partial charge on any atom is -0.386 e. The van der Waals surface area contributed by atoms with E-state index in [1.54, 1.807) is 19.9 Å². The Bertz CT molecular complexity index is 1470. The van der Waals surface area contributed by atoms with E-state index in [0.717, 1.165) is 0 Å². The lowest BCUT2D eigenvalue weighted by Gasteiger charge is -2.43. The maximum absolute atomic E-state index is 13.5. The van der Waals surface area contributed by atoms with Crippen LogP contribution in [0.4, 0.5) is 5.69 Å². The van der Waals surface area contributed by atoms with Crippen molar-refractivity contribution in [2.24, 2.45) is 10.7 Å². The number of hydrogen-bond donors (Lipinski definition) is 2. The van der Waals surface area contributed by atoms with Crippen molar-refractivity contribution in [3.8, 4) is 0 Å². The van der Waals surface area contributed by atoms with Crippen molar-refractivity contribution in [3.05, 3.63) is 52.3 Å². The monoisotopic (exact) mass is 524 g/mol. The summed E-state index contributed by atoms with van der Waals surface area (Å²) in [5.41, 5.74) is 5.82. The van der Waals surface area contributed by atoms with Crippen molar-refractivity contribution in [2.45, 2.75) is 54.5 Å². The Labute approximate surface area is 203 Å². The molecule has 9 nitrogen and oxygen atoms in total. The van der Waals surface area contributed by atoms with E-state index in [4.69, 9.17) is 17.3 Å². The molecule has 0 fully saturated rings. The molecule has 0 saturated heterocycles. The molecule has 0 aliphatic carbocycles. The first-order valence-corrected chi connectivity index (χ1v) is 14.1. The molecule has 2 atom stereocenters. The second kappa shape index (κ2) is 7.76. The number of amides is 1. The van der Waals surface area contributed by atoms with E-state index in [2.05, 4.69) is 15.3 Å². The third-order valence-electron chi connectivity index (χ3n) is 6.71. The minimum atomic E-state index is -3.90. The predicted molar refractivity (Wildman–Crippen MR) is 131 cm³/mol. The van der Waals surface area contributed by atoms with Crippen molar-refractivity contribution in [1.29, 1.82) is 0 Å². The molecule has 3 N–H and O–H groups in total. The van der Waals surface area contributed by atoms with Gasteiger partial charge in [0.15, 0.2) is 19.7 Å². The Morgan fingerprint density at radius 2 is 1.85 bits per heavy atom. The molecule has 0 saturated carbocycles. The highest BCUT2D eigenvalue weighted by Gasteiger charge is 2.58. The lowest BCUT2D eigenvalue weighted by molar-refractivity contribution is 0.102. The van der Waals surface area contributed by atoms with Gasteiger partial charge in [-0.3, -0.25) is 9.79 Å². The van der Waals surface area contributed by atoms with Gasteiger partial charge in [-0.05, 0) is 63.9 Å². The molecule has 2 aliphatic heterocycles. The number of fused-ring (bicyclic) bond motifs is 3. The van der Waals surface area contributed by atoms with Crippen LogP contribution < -0.4 is 11.1 Å². The average molecular weight is 525 g/mol. The van der Waals surface area contributed by atoms with Gasteiger partial charge in [0.25, 0.3) is 5.91 Å². The molecule has 0 spiro atoms. The number of anilines is 1. The quantitative estimate of drug-likeness (QED) is 0.613. The first-order chi connectivity index (χ1) is 15.6. The lowest BCUT2D eigenvalue weighted by atomic mass is 9.86. The molecule has 1 aromatic carbocycles. The third kappa shape index (κ3) is 3.61. The van der Waals surface area contributed by atoms with Crippen molar-refractivity contribution in [1.82, 2.24) is 4.98 Å². The van der Waals surface area contributed by atoms with Crippen LogP contribution in [0.5, 0.6) is 0 Å². The molecule has 0 radical (unpaired) electrons. The SMILES string of the molecule is Cc1cc(Cl)cnc1C(=O)Nc1ccc2c(c1)[C@@]1(C)N=C(N)C(C)(C)S(=O)(=O)[C@@H]1CCS2(=O)=O. The molecular weight excluding hydrogens is 500 g/mol. The zero-order valence-corrected chi connectivity index (χ0v) is 21.5. The van der Waals surface area contributed by atoms with E-state index in [0.29, 0.717) is 10.6 Å². The molecule has 1 amide bonds. The Balaban J connectivity index is 1.88. The number of nitrogens with zero attached hydrogens (tertiary/aromatic N) is 2. The normalized spacial score (nSPS) is 26.4. The smallest absolute Gasteiger partial charge is 0.274 e. The third-order valence-corrected chi connectivity index (χ3v) is 11.8. The summed E-state index contributed by atoms with van der Waals surface area (Å²) >= 11 is 5.92. The van der Waals surface area contributed by atoms with Crippen LogP contribution in [0.1, 0.15) is 48.8 Å². The number of nitrogens with one attached hydrogen (secondary N) is 1. The van der Waals surface area contributed by atoms with Crippen molar-refractivity contribution >= 4 is 48.7 Å². The Morgan fingerprint density at radius 1 is 1.18 bits per heavy atom. The van der Waals surface area contributed by atoms with E-state index in [1.807, 2.05) is 0 Å². The van der Waals surface area contributed by atoms with Gasteiger partial charge in [0.2, 0.25) is 0 Å². The topological polar surface area (TPSA) is 149 Å². The molecule has 12 heteroatoms. The molecule has 34 heavy (non-hydrogen) atoms. The van der Waals surface area contributed by atoms with Crippen LogP contribution in [0.3, 0.4) is 0 Å². The number of rotatable bonds is 2. The summed E-state index contributed by atoms with van der Waals surface area (Å²) < 4.78 is 51.8. The highest BCUT2D eigenvalue weighted by atomic mass is 35.5. The minimum absolute atomic E-state index is 0.0252. The highest BCUT2D eigenvalue weighted by molar-refractivity contribution is 7.94. The molecular formula is C22H25ClN4O5S2. The van der Waals surface area contributed by atoms with Gasteiger partial charge in [-0.25, -0.2) is 21.8 Å². The van der Waals surface area contributed by atoms with Crippen LogP contribution in [0, 0.1) is 6.92 Å². The number of carbonyl (C=O) groups is 1. The van der Waals surface area contributed by atoms with Crippen LogP contribution >= 0.6 is 11.6 Å². The van der Waals surface area contributed by atoms with Gasteiger partial charge in [-0.15, -0.1) is 0 Å². The van der Waals surface area contributed by atoms with Gasteiger partial charge in [0.05, 0.1) is 20.9 Å². The second-order valence-electron chi connectivity index (χ2n) is 9.28. The Kier molecular flexibility index (Phi) is 5.62. The molecule has 0 unspecified atom stereocenters. The van der Waals surface area contributed by atoms with E-state index < -0.39 is 41.1 Å². The van der Waals surface area contributed by atoms with Crippen LogP contribution in [-0.2, 0) is 25.2 Å². The summed E-state index contributed by atoms with van der Waals surface area (Å²) in [7, 11) is -7.71. The molecule has 1 aromatic heterocycles. The Morgan fingerprint density at radius 3 is 2.50 bits per heavy atom. The fraction of sp³-hybridized carbons (Fsp3) is 0.409. The van der Waals surface area contributed by atoms with Gasteiger partial charge in [-0.1, -0.05) is 11.6 Å². The van der Waals surface area contributed by atoms with Crippen molar-refractivity contribution in [3.63, 3.8) is 0 Å². The zero-order valence-electron chi connectivity index (χ0n) is 19.1. The number of pyridine rings is 1. The molecule has 2 aromatic rings. The van der Waals surface area contributed by atoms with Crippen molar-refractivity contribution in [2.75, 3.05) is 11.1 Å². The van der Waals surface area contributed by atoms with E-state index in [-0.39, 0.29) is 39.8 Å². The van der Waals surface area contributed by atoms with Crippen molar-refractivity contribution < 1.29 is 21.6 Å². The van der Waals surface area contributed by atoms with Crippen LogP contribution in [0.2, 0.25) is 5.02 Å². The summed E-state index contributed by atoms with van der Waals surface area (Å²) in [6.07, 6.45) is 1.23. The standard InChI is InChI=1S/C22H25ClN4O5S2/c1-12-9-13(23)11-25-18(12)19(28)26-14-5-6-16-15(10-14)22(4)17(7-8-33(16,29)30)34(31,32)21(2,3)20(24)27-22/h5-6,9-11,17H,7-8H2,1-4H3,(H2,24,27)(H,26,28)/t17-,22-/m1/s1. The number of amidine groups is 1.